The number of carbonyl (C=O) groups excluding carboxylic acids is 1. The van der Waals surface area contributed by atoms with Crippen molar-refractivity contribution in [3.05, 3.63) is 0 Å². The van der Waals surface area contributed by atoms with Crippen LogP contribution in [0.3, 0.4) is 0 Å². The predicted molar refractivity (Wildman–Crippen MR) is 60.1 cm³/mol. The van der Waals surface area contributed by atoms with Crippen molar-refractivity contribution in [2.24, 2.45) is 5.73 Å². The van der Waals surface area contributed by atoms with E-state index in [9.17, 15) is 4.79 Å². The van der Waals surface area contributed by atoms with E-state index in [1.165, 1.54) is 0 Å². The predicted octanol–water partition coefficient (Wildman–Crippen LogP) is 1.76. The zero-order chi connectivity index (χ0) is 10.8. The van der Waals surface area contributed by atoms with E-state index in [1.54, 1.807) is 0 Å². The molecule has 3 nitrogen and oxygen atoms in total. The molecule has 0 radical (unpaired) electrons. The number of nitrogens with zero attached hydrogens (tertiary/aromatic N) is 1. The molecule has 0 aliphatic heterocycles. The van der Waals surface area contributed by atoms with E-state index < -0.39 is 0 Å². The summed E-state index contributed by atoms with van der Waals surface area (Å²) < 4.78 is 0. The van der Waals surface area contributed by atoms with Gasteiger partial charge in [0.25, 0.3) is 0 Å². The first-order valence-electron chi connectivity index (χ1n) is 5.66. The Kier molecular flexibility index (Phi) is 8.64. The fraction of sp³-hybridized carbons (Fsp3) is 0.909. The minimum Gasteiger partial charge on any atom is -0.346 e. The van der Waals surface area contributed by atoms with Gasteiger partial charge in [0.2, 0.25) is 5.91 Å². The lowest BCUT2D eigenvalue weighted by Crippen LogP contribution is -2.27. The van der Waals surface area contributed by atoms with Gasteiger partial charge >= 0.3 is 0 Å². The summed E-state index contributed by atoms with van der Waals surface area (Å²) in [5.41, 5.74) is 5.38. The molecule has 0 heterocycles. The average Bonchev–Trinajstić information content (AvgIpc) is 2.20. The van der Waals surface area contributed by atoms with Crippen LogP contribution in [0.5, 0.6) is 0 Å². The lowest BCUT2D eigenvalue weighted by atomic mass is 10.2. The Morgan fingerprint density at radius 3 is 2.50 bits per heavy atom. The molecule has 14 heavy (non-hydrogen) atoms. The van der Waals surface area contributed by atoms with E-state index in [2.05, 4.69) is 6.92 Å². The first-order chi connectivity index (χ1) is 6.72. The van der Waals surface area contributed by atoms with Gasteiger partial charge in [0.05, 0.1) is 0 Å². The molecule has 0 aliphatic rings. The van der Waals surface area contributed by atoms with E-state index in [0.717, 1.165) is 45.2 Å². The first kappa shape index (κ1) is 13.4. The highest BCUT2D eigenvalue weighted by Crippen LogP contribution is 2.02. The molecule has 0 unspecified atom stereocenters. The molecule has 0 aromatic rings. The first-order valence-corrected chi connectivity index (χ1v) is 5.66. The Bertz CT molecular complexity index is 148. The van der Waals surface area contributed by atoms with Crippen molar-refractivity contribution in [2.45, 2.75) is 45.4 Å². The molecule has 0 spiro atoms. The van der Waals surface area contributed by atoms with Gasteiger partial charge in [0.15, 0.2) is 0 Å². The summed E-state index contributed by atoms with van der Waals surface area (Å²) in [5, 5.41) is 0. The summed E-state index contributed by atoms with van der Waals surface area (Å²) in [7, 11) is 1.89. The van der Waals surface area contributed by atoms with E-state index in [0.29, 0.717) is 6.42 Å². The highest BCUT2D eigenvalue weighted by Gasteiger charge is 2.06. The Balaban J connectivity index is 3.42. The van der Waals surface area contributed by atoms with Crippen LogP contribution in [0.2, 0.25) is 0 Å². The number of rotatable bonds is 8. The minimum absolute atomic E-state index is 0.274. The molecule has 0 bridgehead atoms. The molecule has 2 N–H and O–H groups in total. The van der Waals surface area contributed by atoms with Gasteiger partial charge in [0, 0.05) is 20.0 Å². The molecule has 0 saturated heterocycles. The van der Waals surface area contributed by atoms with E-state index in [4.69, 9.17) is 5.73 Å². The molecule has 0 aromatic heterocycles. The second-order valence-electron chi connectivity index (χ2n) is 3.77. The monoisotopic (exact) mass is 200 g/mol. The van der Waals surface area contributed by atoms with Crippen LogP contribution in [-0.4, -0.2) is 30.9 Å². The maximum atomic E-state index is 11.5. The number of nitrogens with two attached hydrogens (primary N) is 1. The molecule has 0 fully saturated rings. The average molecular weight is 200 g/mol. The summed E-state index contributed by atoms with van der Waals surface area (Å²) >= 11 is 0. The fourth-order valence-corrected chi connectivity index (χ4v) is 1.31. The van der Waals surface area contributed by atoms with Crippen molar-refractivity contribution in [1.82, 2.24) is 4.90 Å². The third-order valence-electron chi connectivity index (χ3n) is 2.37. The van der Waals surface area contributed by atoms with Crippen LogP contribution in [0.1, 0.15) is 45.4 Å². The minimum atomic E-state index is 0.274. The zero-order valence-electron chi connectivity index (χ0n) is 9.59. The quantitative estimate of drug-likeness (QED) is 0.607. The SMILES string of the molecule is CCCCN(C)C(=O)CCCCCN. The van der Waals surface area contributed by atoms with Crippen LogP contribution in [0.25, 0.3) is 0 Å². The van der Waals surface area contributed by atoms with Gasteiger partial charge in [-0.1, -0.05) is 19.8 Å². The van der Waals surface area contributed by atoms with E-state index >= 15 is 0 Å². The summed E-state index contributed by atoms with van der Waals surface area (Å²) in [5.74, 6) is 0.274. The highest BCUT2D eigenvalue weighted by atomic mass is 16.2. The van der Waals surface area contributed by atoms with Crippen molar-refractivity contribution in [1.29, 1.82) is 0 Å². The summed E-state index contributed by atoms with van der Waals surface area (Å²) in [6.07, 6.45) is 6.01. The zero-order valence-corrected chi connectivity index (χ0v) is 9.59. The lowest BCUT2D eigenvalue weighted by Gasteiger charge is -2.16. The second-order valence-corrected chi connectivity index (χ2v) is 3.77. The largest absolute Gasteiger partial charge is 0.346 e. The van der Waals surface area contributed by atoms with Crippen LogP contribution < -0.4 is 5.73 Å². The highest BCUT2D eigenvalue weighted by molar-refractivity contribution is 5.75. The van der Waals surface area contributed by atoms with Gasteiger partial charge in [-0.25, -0.2) is 0 Å². The summed E-state index contributed by atoms with van der Waals surface area (Å²) in [6.45, 7) is 3.77. The number of carbonyl (C=O) groups is 1. The topological polar surface area (TPSA) is 46.3 Å². The van der Waals surface area contributed by atoms with Crippen molar-refractivity contribution in [3.63, 3.8) is 0 Å². The van der Waals surface area contributed by atoms with Crippen LogP contribution >= 0.6 is 0 Å². The molecular weight excluding hydrogens is 176 g/mol. The number of hydrogen-bond acceptors (Lipinski definition) is 2. The van der Waals surface area contributed by atoms with Crippen molar-refractivity contribution in [3.8, 4) is 0 Å². The summed E-state index contributed by atoms with van der Waals surface area (Å²) in [6, 6.07) is 0. The molecular formula is C11H24N2O. The van der Waals surface area contributed by atoms with Crippen molar-refractivity contribution < 1.29 is 4.79 Å². The van der Waals surface area contributed by atoms with Crippen molar-refractivity contribution >= 4 is 5.91 Å². The van der Waals surface area contributed by atoms with Gasteiger partial charge in [-0.3, -0.25) is 4.79 Å². The Hall–Kier alpha value is -0.570. The van der Waals surface area contributed by atoms with E-state index in [1.807, 2.05) is 11.9 Å². The molecule has 0 aliphatic carbocycles. The lowest BCUT2D eigenvalue weighted by molar-refractivity contribution is -0.130. The third-order valence-corrected chi connectivity index (χ3v) is 2.37. The van der Waals surface area contributed by atoms with Gasteiger partial charge in [-0.2, -0.15) is 0 Å². The molecule has 84 valence electrons. The molecule has 1 amide bonds. The molecule has 0 aromatic carbocycles. The molecule has 0 atom stereocenters. The second kappa shape index (κ2) is 9.00. The smallest absolute Gasteiger partial charge is 0.222 e. The number of hydrogen-bond donors (Lipinski definition) is 1. The van der Waals surface area contributed by atoms with Crippen molar-refractivity contribution in [2.75, 3.05) is 20.1 Å². The Labute approximate surface area is 87.6 Å². The number of amides is 1. The maximum absolute atomic E-state index is 11.5. The van der Waals surface area contributed by atoms with Gasteiger partial charge in [-0.05, 0) is 25.8 Å². The van der Waals surface area contributed by atoms with Gasteiger partial charge in [0.1, 0.15) is 0 Å². The third kappa shape index (κ3) is 6.89. The molecule has 0 rings (SSSR count). The van der Waals surface area contributed by atoms with Crippen LogP contribution in [0.4, 0.5) is 0 Å². The maximum Gasteiger partial charge on any atom is 0.222 e. The normalized spacial score (nSPS) is 10.2. The Morgan fingerprint density at radius 1 is 1.21 bits per heavy atom. The summed E-state index contributed by atoms with van der Waals surface area (Å²) in [4.78, 5) is 13.3. The van der Waals surface area contributed by atoms with Crippen LogP contribution in [0, 0.1) is 0 Å². The van der Waals surface area contributed by atoms with Crippen LogP contribution in [-0.2, 0) is 4.79 Å². The van der Waals surface area contributed by atoms with Crippen LogP contribution in [0.15, 0.2) is 0 Å². The molecule has 0 saturated carbocycles. The number of unbranched alkanes of at least 4 members (excludes halogenated alkanes) is 3. The standard InChI is InChI=1S/C11H24N2O/c1-3-4-10-13(2)11(14)8-6-5-7-9-12/h3-10,12H2,1-2H3. The van der Waals surface area contributed by atoms with Gasteiger partial charge in [-0.15, -0.1) is 0 Å². The Morgan fingerprint density at radius 2 is 1.93 bits per heavy atom. The molecule has 3 heteroatoms. The van der Waals surface area contributed by atoms with Gasteiger partial charge < -0.3 is 10.6 Å². The van der Waals surface area contributed by atoms with E-state index in [-0.39, 0.29) is 5.91 Å². The fourth-order valence-electron chi connectivity index (χ4n) is 1.31.